The van der Waals surface area contributed by atoms with Crippen molar-refractivity contribution in [3.8, 4) is 11.3 Å². The van der Waals surface area contributed by atoms with Crippen LogP contribution in [0.25, 0.3) is 11.3 Å². The number of hydrogen-bond donors (Lipinski definition) is 1. The van der Waals surface area contributed by atoms with Crippen LogP contribution in [0.2, 0.25) is 5.15 Å². The lowest BCUT2D eigenvalue weighted by atomic mass is 10.2. The van der Waals surface area contributed by atoms with E-state index in [1.165, 1.54) is 0 Å². The van der Waals surface area contributed by atoms with Gasteiger partial charge in [0.05, 0.1) is 5.69 Å². The summed E-state index contributed by atoms with van der Waals surface area (Å²) in [5, 5.41) is 3.59. The molecule has 21 heavy (non-hydrogen) atoms. The lowest BCUT2D eigenvalue weighted by molar-refractivity contribution is 1.15. The molecular formula is C15H12ClN5. The van der Waals surface area contributed by atoms with Crippen LogP contribution in [-0.2, 0) is 0 Å². The molecule has 104 valence electrons. The first kappa shape index (κ1) is 13.5. The molecule has 3 rings (SSSR count). The Morgan fingerprint density at radius 3 is 2.57 bits per heavy atom. The van der Waals surface area contributed by atoms with E-state index in [-0.39, 0.29) is 0 Å². The molecule has 5 nitrogen and oxygen atoms in total. The average Bonchev–Trinajstić information content (AvgIpc) is 2.47. The summed E-state index contributed by atoms with van der Waals surface area (Å²) in [6, 6.07) is 9.25. The number of hydrogen-bond acceptors (Lipinski definition) is 5. The maximum atomic E-state index is 5.90. The first-order chi connectivity index (χ1) is 10.2. The van der Waals surface area contributed by atoms with Crippen molar-refractivity contribution in [1.82, 2.24) is 19.9 Å². The van der Waals surface area contributed by atoms with Crippen molar-refractivity contribution in [2.45, 2.75) is 6.92 Å². The molecule has 0 aromatic carbocycles. The summed E-state index contributed by atoms with van der Waals surface area (Å²) in [4.78, 5) is 16.8. The fourth-order valence-electron chi connectivity index (χ4n) is 1.89. The molecule has 3 heterocycles. The van der Waals surface area contributed by atoms with E-state index >= 15 is 0 Å². The van der Waals surface area contributed by atoms with Gasteiger partial charge in [-0.1, -0.05) is 11.6 Å². The van der Waals surface area contributed by atoms with Crippen LogP contribution in [0.3, 0.4) is 0 Å². The number of aromatic nitrogens is 4. The number of rotatable bonds is 3. The number of nitrogens with one attached hydrogen (secondary N) is 1. The minimum atomic E-state index is 0.436. The van der Waals surface area contributed by atoms with Gasteiger partial charge in [-0.15, -0.1) is 0 Å². The topological polar surface area (TPSA) is 63.6 Å². The summed E-state index contributed by atoms with van der Waals surface area (Å²) < 4.78 is 0. The van der Waals surface area contributed by atoms with Crippen molar-refractivity contribution in [3.05, 3.63) is 59.8 Å². The molecule has 0 saturated carbocycles. The molecule has 0 spiro atoms. The molecule has 0 bridgehead atoms. The van der Waals surface area contributed by atoms with Crippen molar-refractivity contribution < 1.29 is 0 Å². The van der Waals surface area contributed by atoms with Crippen LogP contribution in [0.15, 0.2) is 48.9 Å². The van der Waals surface area contributed by atoms with Gasteiger partial charge in [0.15, 0.2) is 0 Å². The Hall–Kier alpha value is -2.53. The van der Waals surface area contributed by atoms with Crippen molar-refractivity contribution in [2.75, 3.05) is 5.32 Å². The van der Waals surface area contributed by atoms with Crippen molar-refractivity contribution in [2.24, 2.45) is 0 Å². The van der Waals surface area contributed by atoms with Crippen molar-refractivity contribution in [3.63, 3.8) is 0 Å². The highest BCUT2D eigenvalue weighted by atomic mass is 35.5. The van der Waals surface area contributed by atoms with Crippen LogP contribution >= 0.6 is 11.6 Å². The molecule has 1 N–H and O–H groups in total. The predicted octanol–water partition coefficient (Wildman–Crippen LogP) is 3.64. The summed E-state index contributed by atoms with van der Waals surface area (Å²) >= 11 is 5.90. The van der Waals surface area contributed by atoms with E-state index in [1.807, 2.05) is 31.2 Å². The summed E-state index contributed by atoms with van der Waals surface area (Å²) in [7, 11) is 0. The van der Waals surface area contributed by atoms with Gasteiger partial charge in [-0.2, -0.15) is 0 Å². The van der Waals surface area contributed by atoms with Crippen LogP contribution in [0.4, 0.5) is 11.6 Å². The molecule has 0 aliphatic heterocycles. The van der Waals surface area contributed by atoms with Gasteiger partial charge in [-0.25, -0.2) is 15.0 Å². The zero-order valence-electron chi connectivity index (χ0n) is 11.3. The Morgan fingerprint density at radius 1 is 0.952 bits per heavy atom. The largest absolute Gasteiger partial charge is 0.324 e. The second-order valence-electron chi connectivity index (χ2n) is 4.44. The molecule has 6 heteroatoms. The standard InChI is InChI=1S/C15H12ClN5/c1-10-8-12(3-6-17-10)20-15-19-7-4-13(21-15)11-2-5-18-14(16)9-11/h2-9H,1H3,(H,17,19,20,21). The molecule has 0 unspecified atom stereocenters. The van der Waals surface area contributed by atoms with Gasteiger partial charge in [-0.3, -0.25) is 4.98 Å². The Bertz CT molecular complexity index is 775. The first-order valence-corrected chi connectivity index (χ1v) is 6.73. The summed E-state index contributed by atoms with van der Waals surface area (Å²) in [6.07, 6.45) is 5.09. The summed E-state index contributed by atoms with van der Waals surface area (Å²) in [5.74, 6) is 0.519. The normalized spacial score (nSPS) is 10.4. The van der Waals surface area contributed by atoms with E-state index in [4.69, 9.17) is 11.6 Å². The van der Waals surface area contributed by atoms with E-state index in [2.05, 4.69) is 25.3 Å². The molecule has 0 amide bonds. The van der Waals surface area contributed by atoms with E-state index in [0.29, 0.717) is 11.1 Å². The number of anilines is 2. The third-order valence-corrected chi connectivity index (χ3v) is 3.04. The number of pyridine rings is 2. The Balaban J connectivity index is 1.90. The maximum Gasteiger partial charge on any atom is 0.227 e. The van der Waals surface area contributed by atoms with Crippen molar-refractivity contribution in [1.29, 1.82) is 0 Å². The highest BCUT2D eigenvalue weighted by Crippen LogP contribution is 2.21. The number of aryl methyl sites for hydroxylation is 1. The van der Waals surface area contributed by atoms with Crippen LogP contribution in [-0.4, -0.2) is 19.9 Å². The van der Waals surface area contributed by atoms with Crippen LogP contribution < -0.4 is 5.32 Å². The van der Waals surface area contributed by atoms with Crippen LogP contribution in [0.1, 0.15) is 5.69 Å². The Labute approximate surface area is 127 Å². The number of nitrogens with zero attached hydrogens (tertiary/aromatic N) is 4. The second kappa shape index (κ2) is 5.85. The molecule has 3 aromatic rings. The Kier molecular flexibility index (Phi) is 3.75. The molecule has 0 aliphatic rings. The van der Waals surface area contributed by atoms with Crippen LogP contribution in [0, 0.1) is 6.92 Å². The summed E-state index contributed by atoms with van der Waals surface area (Å²) in [5.41, 5.74) is 3.50. The van der Waals surface area contributed by atoms with Gasteiger partial charge in [0, 0.05) is 35.5 Å². The molecule has 0 atom stereocenters. The quantitative estimate of drug-likeness (QED) is 0.748. The molecular weight excluding hydrogens is 286 g/mol. The molecule has 0 saturated heterocycles. The highest BCUT2D eigenvalue weighted by Gasteiger charge is 2.04. The van der Waals surface area contributed by atoms with Gasteiger partial charge in [0.2, 0.25) is 5.95 Å². The SMILES string of the molecule is Cc1cc(Nc2nccc(-c3ccnc(Cl)c3)n2)ccn1. The van der Waals surface area contributed by atoms with E-state index < -0.39 is 0 Å². The predicted molar refractivity (Wildman–Crippen MR) is 82.5 cm³/mol. The number of halogens is 1. The van der Waals surface area contributed by atoms with E-state index in [1.54, 1.807) is 24.7 Å². The van der Waals surface area contributed by atoms with Crippen LogP contribution in [0.5, 0.6) is 0 Å². The second-order valence-corrected chi connectivity index (χ2v) is 4.83. The minimum Gasteiger partial charge on any atom is -0.324 e. The first-order valence-electron chi connectivity index (χ1n) is 6.35. The molecule has 0 fully saturated rings. The molecule has 3 aromatic heterocycles. The zero-order valence-corrected chi connectivity index (χ0v) is 12.0. The third-order valence-electron chi connectivity index (χ3n) is 2.83. The average molecular weight is 298 g/mol. The summed E-state index contributed by atoms with van der Waals surface area (Å²) in [6.45, 7) is 1.93. The highest BCUT2D eigenvalue weighted by molar-refractivity contribution is 6.29. The zero-order chi connectivity index (χ0) is 14.7. The van der Waals surface area contributed by atoms with Gasteiger partial charge in [-0.05, 0) is 37.3 Å². The van der Waals surface area contributed by atoms with Gasteiger partial charge < -0.3 is 5.32 Å². The fourth-order valence-corrected chi connectivity index (χ4v) is 2.07. The molecule has 0 aliphatic carbocycles. The van der Waals surface area contributed by atoms with Gasteiger partial charge in [0.1, 0.15) is 5.15 Å². The van der Waals surface area contributed by atoms with E-state index in [0.717, 1.165) is 22.6 Å². The van der Waals surface area contributed by atoms with Gasteiger partial charge >= 0.3 is 0 Å². The minimum absolute atomic E-state index is 0.436. The smallest absolute Gasteiger partial charge is 0.227 e. The van der Waals surface area contributed by atoms with Crippen molar-refractivity contribution >= 4 is 23.2 Å². The Morgan fingerprint density at radius 2 is 1.76 bits per heavy atom. The fraction of sp³-hybridized carbons (Fsp3) is 0.0667. The lowest BCUT2D eigenvalue weighted by Crippen LogP contribution is -1.98. The monoisotopic (exact) mass is 297 g/mol. The third kappa shape index (κ3) is 3.32. The molecule has 0 radical (unpaired) electrons. The van der Waals surface area contributed by atoms with Gasteiger partial charge in [0.25, 0.3) is 0 Å². The maximum absolute atomic E-state index is 5.90. The van der Waals surface area contributed by atoms with E-state index in [9.17, 15) is 0 Å². The lowest BCUT2D eigenvalue weighted by Gasteiger charge is -2.07.